The van der Waals surface area contributed by atoms with E-state index in [1.165, 1.54) is 0 Å². The lowest BCUT2D eigenvalue weighted by Gasteiger charge is -2.10. The first-order valence-electron chi connectivity index (χ1n) is 5.43. The largest absolute Gasteiger partial charge is 0.508 e. The summed E-state index contributed by atoms with van der Waals surface area (Å²) in [6.07, 6.45) is 3.69. The maximum Gasteiger partial charge on any atom is 0.128 e. The fourth-order valence-electron chi connectivity index (χ4n) is 2.02. The van der Waals surface area contributed by atoms with Gasteiger partial charge in [0.05, 0.1) is 17.9 Å². The van der Waals surface area contributed by atoms with E-state index in [-0.39, 0.29) is 11.8 Å². The van der Waals surface area contributed by atoms with Gasteiger partial charge in [0.25, 0.3) is 0 Å². The summed E-state index contributed by atoms with van der Waals surface area (Å²) in [5.41, 5.74) is 2.02. The van der Waals surface area contributed by atoms with Crippen LogP contribution in [0.4, 0.5) is 5.69 Å². The van der Waals surface area contributed by atoms with E-state index in [9.17, 15) is 5.11 Å². The molecular weight excluding hydrogens is 218 g/mol. The minimum atomic E-state index is 0.106. The zero-order chi connectivity index (χ0) is 11.8. The lowest BCUT2D eigenvalue weighted by Crippen LogP contribution is -2.11. The molecule has 0 bridgehead atoms. The number of fused-ring (bicyclic) bond motifs is 1. The van der Waals surface area contributed by atoms with Gasteiger partial charge in [0, 0.05) is 24.9 Å². The van der Waals surface area contributed by atoms with E-state index in [0.29, 0.717) is 6.61 Å². The van der Waals surface area contributed by atoms with Crippen molar-refractivity contribution in [3.8, 4) is 11.5 Å². The second-order valence-electron chi connectivity index (χ2n) is 4.13. The molecule has 0 radical (unpaired) electrons. The SMILES string of the molecule is Cn1cc(NC2COc3cc(O)ccc32)cn1. The fourth-order valence-corrected chi connectivity index (χ4v) is 2.02. The van der Waals surface area contributed by atoms with E-state index in [1.807, 2.05) is 19.3 Å². The maximum atomic E-state index is 9.36. The van der Waals surface area contributed by atoms with Gasteiger partial charge in [-0.15, -0.1) is 0 Å². The molecule has 17 heavy (non-hydrogen) atoms. The molecule has 2 aromatic rings. The molecule has 0 fully saturated rings. The van der Waals surface area contributed by atoms with E-state index in [1.54, 1.807) is 23.0 Å². The highest BCUT2D eigenvalue weighted by molar-refractivity contribution is 5.50. The molecule has 1 aromatic carbocycles. The number of aromatic hydroxyl groups is 1. The van der Waals surface area contributed by atoms with Crippen molar-refractivity contribution in [3.63, 3.8) is 0 Å². The number of aryl methyl sites for hydroxylation is 1. The van der Waals surface area contributed by atoms with E-state index in [4.69, 9.17) is 4.74 Å². The van der Waals surface area contributed by atoms with Crippen LogP contribution in [0.5, 0.6) is 11.5 Å². The van der Waals surface area contributed by atoms with Gasteiger partial charge in [0.1, 0.15) is 18.1 Å². The minimum Gasteiger partial charge on any atom is -0.508 e. The number of nitrogens with zero attached hydrogens (tertiary/aromatic N) is 2. The Hall–Kier alpha value is -2.17. The van der Waals surface area contributed by atoms with Crippen LogP contribution in [-0.2, 0) is 7.05 Å². The molecule has 3 rings (SSSR count). The zero-order valence-corrected chi connectivity index (χ0v) is 9.42. The van der Waals surface area contributed by atoms with Crippen molar-refractivity contribution in [2.24, 2.45) is 7.05 Å². The Kier molecular flexibility index (Phi) is 2.18. The first-order valence-corrected chi connectivity index (χ1v) is 5.43. The summed E-state index contributed by atoms with van der Waals surface area (Å²) in [5.74, 6) is 0.970. The minimum absolute atomic E-state index is 0.106. The zero-order valence-electron chi connectivity index (χ0n) is 9.42. The highest BCUT2D eigenvalue weighted by Crippen LogP contribution is 2.36. The normalized spacial score (nSPS) is 17.6. The second kappa shape index (κ2) is 3.69. The van der Waals surface area contributed by atoms with Crippen LogP contribution in [0.25, 0.3) is 0 Å². The number of phenolic OH excluding ortho intramolecular Hbond substituents is 1. The first-order chi connectivity index (χ1) is 8.22. The fraction of sp³-hybridized carbons (Fsp3) is 0.250. The van der Waals surface area contributed by atoms with Gasteiger partial charge in [-0.3, -0.25) is 4.68 Å². The van der Waals surface area contributed by atoms with Crippen LogP contribution in [0.15, 0.2) is 30.6 Å². The third kappa shape index (κ3) is 1.80. The molecule has 1 aromatic heterocycles. The van der Waals surface area contributed by atoms with Gasteiger partial charge >= 0.3 is 0 Å². The first kappa shape index (κ1) is 10.0. The van der Waals surface area contributed by atoms with Crippen molar-refractivity contribution in [3.05, 3.63) is 36.2 Å². The molecule has 1 aliphatic rings. The molecule has 1 unspecified atom stereocenters. The van der Waals surface area contributed by atoms with Gasteiger partial charge in [-0.05, 0) is 12.1 Å². The van der Waals surface area contributed by atoms with Crippen LogP contribution in [-0.4, -0.2) is 21.5 Å². The maximum absolute atomic E-state index is 9.36. The Morgan fingerprint density at radius 1 is 1.53 bits per heavy atom. The van der Waals surface area contributed by atoms with E-state index in [0.717, 1.165) is 17.0 Å². The molecule has 1 aliphatic heterocycles. The van der Waals surface area contributed by atoms with Gasteiger partial charge in [-0.2, -0.15) is 5.10 Å². The van der Waals surface area contributed by atoms with Crippen molar-refractivity contribution in [1.29, 1.82) is 0 Å². The molecule has 0 saturated heterocycles. The number of phenols is 1. The Labute approximate surface area is 98.6 Å². The summed E-state index contributed by atoms with van der Waals surface area (Å²) in [6, 6.07) is 5.30. The highest BCUT2D eigenvalue weighted by atomic mass is 16.5. The van der Waals surface area contributed by atoms with E-state index >= 15 is 0 Å². The van der Waals surface area contributed by atoms with Crippen LogP contribution in [0.3, 0.4) is 0 Å². The van der Waals surface area contributed by atoms with E-state index in [2.05, 4.69) is 10.4 Å². The predicted molar refractivity (Wildman–Crippen MR) is 63.2 cm³/mol. The molecule has 88 valence electrons. The van der Waals surface area contributed by atoms with Crippen molar-refractivity contribution >= 4 is 5.69 Å². The van der Waals surface area contributed by atoms with Crippen LogP contribution < -0.4 is 10.1 Å². The third-order valence-electron chi connectivity index (χ3n) is 2.82. The van der Waals surface area contributed by atoms with Crippen LogP contribution in [0, 0.1) is 0 Å². The molecule has 0 saturated carbocycles. The van der Waals surface area contributed by atoms with Gasteiger partial charge in [-0.25, -0.2) is 0 Å². The highest BCUT2D eigenvalue weighted by Gasteiger charge is 2.24. The number of aromatic nitrogens is 2. The molecule has 0 spiro atoms. The van der Waals surface area contributed by atoms with Crippen molar-refractivity contribution < 1.29 is 9.84 Å². The molecular formula is C12H13N3O2. The van der Waals surface area contributed by atoms with Crippen LogP contribution >= 0.6 is 0 Å². The Morgan fingerprint density at radius 3 is 3.18 bits per heavy atom. The molecule has 2 heterocycles. The number of benzene rings is 1. The Balaban J connectivity index is 1.84. The number of hydrogen-bond acceptors (Lipinski definition) is 4. The van der Waals surface area contributed by atoms with Gasteiger partial charge in [0.2, 0.25) is 0 Å². The average molecular weight is 231 g/mol. The molecule has 0 aliphatic carbocycles. The van der Waals surface area contributed by atoms with Crippen molar-refractivity contribution in [1.82, 2.24) is 9.78 Å². The number of nitrogens with one attached hydrogen (secondary N) is 1. The summed E-state index contributed by atoms with van der Waals surface area (Å²) < 4.78 is 7.27. The van der Waals surface area contributed by atoms with Crippen LogP contribution in [0.2, 0.25) is 0 Å². The monoisotopic (exact) mass is 231 g/mol. The quantitative estimate of drug-likeness (QED) is 0.825. The van der Waals surface area contributed by atoms with Gasteiger partial charge < -0.3 is 15.2 Å². The third-order valence-corrected chi connectivity index (χ3v) is 2.82. The smallest absolute Gasteiger partial charge is 0.128 e. The topological polar surface area (TPSA) is 59.3 Å². The van der Waals surface area contributed by atoms with Gasteiger partial charge in [0.15, 0.2) is 0 Å². The summed E-state index contributed by atoms with van der Waals surface area (Å²) in [7, 11) is 1.88. The average Bonchev–Trinajstić information content (AvgIpc) is 2.86. The lowest BCUT2D eigenvalue weighted by atomic mass is 10.1. The summed E-state index contributed by atoms with van der Waals surface area (Å²) >= 11 is 0. The summed E-state index contributed by atoms with van der Waals surface area (Å²) in [6.45, 7) is 0.563. The summed E-state index contributed by atoms with van der Waals surface area (Å²) in [4.78, 5) is 0. The summed E-state index contributed by atoms with van der Waals surface area (Å²) in [5, 5.41) is 16.8. The molecule has 1 atom stereocenters. The Morgan fingerprint density at radius 2 is 2.41 bits per heavy atom. The van der Waals surface area contributed by atoms with Gasteiger partial charge in [-0.1, -0.05) is 0 Å². The van der Waals surface area contributed by atoms with E-state index < -0.39 is 0 Å². The number of hydrogen-bond donors (Lipinski definition) is 2. The number of ether oxygens (including phenoxy) is 1. The van der Waals surface area contributed by atoms with Crippen molar-refractivity contribution in [2.45, 2.75) is 6.04 Å². The second-order valence-corrected chi connectivity index (χ2v) is 4.13. The predicted octanol–water partition coefficient (Wildman–Crippen LogP) is 1.67. The molecule has 2 N–H and O–H groups in total. The number of rotatable bonds is 2. The molecule has 5 nitrogen and oxygen atoms in total. The lowest BCUT2D eigenvalue weighted by molar-refractivity contribution is 0.338. The Bertz CT molecular complexity index is 550. The van der Waals surface area contributed by atoms with Crippen molar-refractivity contribution in [2.75, 3.05) is 11.9 Å². The molecule has 5 heteroatoms. The van der Waals surface area contributed by atoms with Crippen LogP contribution in [0.1, 0.15) is 11.6 Å². The molecule has 0 amide bonds. The number of anilines is 1. The standard InChI is InChI=1S/C12H13N3O2/c1-15-6-8(5-13-15)14-11-7-17-12-4-9(16)2-3-10(11)12/h2-6,11,14,16H,7H2,1H3.